The van der Waals surface area contributed by atoms with E-state index in [1.54, 1.807) is 0 Å². The van der Waals surface area contributed by atoms with E-state index in [0.717, 1.165) is 56.9 Å². The molecule has 1 fully saturated rings. The first-order valence-electron chi connectivity index (χ1n) is 13.4. The number of alkyl halides is 1. The SMILES string of the molecule is CCC(CC)(c1ccc(CCC2(O)CCCCC2)c(C)c1)c1ccc(B(O)OC(C)(C)F)c(C)c1. The van der Waals surface area contributed by atoms with E-state index in [9.17, 15) is 14.5 Å². The van der Waals surface area contributed by atoms with Gasteiger partial charge in [0.2, 0.25) is 0 Å². The van der Waals surface area contributed by atoms with Crippen LogP contribution in [0.2, 0.25) is 0 Å². The van der Waals surface area contributed by atoms with Crippen molar-refractivity contribution < 1.29 is 19.2 Å². The molecule has 0 aromatic heterocycles. The van der Waals surface area contributed by atoms with Gasteiger partial charge in [0.1, 0.15) is 0 Å². The lowest BCUT2D eigenvalue weighted by Gasteiger charge is -2.35. The largest absolute Gasteiger partial charge is 0.493 e. The molecule has 1 aliphatic carbocycles. The zero-order chi connectivity index (χ0) is 25.9. The van der Waals surface area contributed by atoms with Gasteiger partial charge in [0.05, 0.1) is 5.60 Å². The Morgan fingerprint density at radius 2 is 1.51 bits per heavy atom. The van der Waals surface area contributed by atoms with E-state index in [-0.39, 0.29) is 5.41 Å². The standard InChI is InChI=1S/C30H44BFO3/c1-7-30(8-2,26-14-15-27(23(4)21-26)31(34)35-28(5,6)32)25-13-12-24(22(3)20-25)16-19-29(33)17-10-9-11-18-29/h12-15,20-21,33-34H,7-11,16-19H2,1-6H3. The quantitative estimate of drug-likeness (QED) is 0.383. The first-order chi connectivity index (χ1) is 16.4. The Labute approximate surface area is 212 Å². The van der Waals surface area contributed by atoms with Crippen molar-refractivity contribution in [3.8, 4) is 0 Å². The van der Waals surface area contributed by atoms with Gasteiger partial charge in [-0.25, -0.2) is 4.39 Å². The fraction of sp³-hybridized carbons (Fsp3) is 0.600. The molecule has 0 aliphatic heterocycles. The van der Waals surface area contributed by atoms with E-state index in [1.807, 2.05) is 13.0 Å². The van der Waals surface area contributed by atoms with Gasteiger partial charge >= 0.3 is 7.12 Å². The fourth-order valence-electron chi connectivity index (χ4n) is 5.91. The summed E-state index contributed by atoms with van der Waals surface area (Å²) < 4.78 is 19.1. The summed E-state index contributed by atoms with van der Waals surface area (Å²) in [5.41, 5.74) is 5.90. The van der Waals surface area contributed by atoms with Crippen LogP contribution in [0.15, 0.2) is 36.4 Å². The molecule has 5 heteroatoms. The minimum absolute atomic E-state index is 0.153. The molecule has 0 heterocycles. The highest BCUT2D eigenvalue weighted by molar-refractivity contribution is 6.60. The zero-order valence-corrected chi connectivity index (χ0v) is 22.6. The van der Waals surface area contributed by atoms with Gasteiger partial charge in [-0.1, -0.05) is 75.1 Å². The molecule has 0 atom stereocenters. The molecule has 2 N–H and O–H groups in total. The Hall–Kier alpha value is -1.69. The van der Waals surface area contributed by atoms with Crippen molar-refractivity contribution in [2.45, 2.75) is 116 Å². The van der Waals surface area contributed by atoms with Gasteiger partial charge in [0.15, 0.2) is 5.85 Å². The van der Waals surface area contributed by atoms with Crippen molar-refractivity contribution in [3.05, 3.63) is 64.2 Å². The Balaban J connectivity index is 1.86. The second-order valence-electron chi connectivity index (χ2n) is 11.1. The molecule has 1 aliphatic rings. The molecular formula is C30H44BFO3. The fourth-order valence-corrected chi connectivity index (χ4v) is 5.91. The van der Waals surface area contributed by atoms with Crippen LogP contribution in [0.1, 0.15) is 107 Å². The van der Waals surface area contributed by atoms with Crippen molar-refractivity contribution in [1.82, 2.24) is 0 Å². The van der Waals surface area contributed by atoms with Crippen LogP contribution >= 0.6 is 0 Å². The lowest BCUT2D eigenvalue weighted by atomic mass is 9.67. The van der Waals surface area contributed by atoms with E-state index >= 15 is 0 Å². The average molecular weight is 482 g/mol. The molecule has 3 rings (SSSR count). The van der Waals surface area contributed by atoms with Crippen molar-refractivity contribution in [2.75, 3.05) is 0 Å². The summed E-state index contributed by atoms with van der Waals surface area (Å²) in [5, 5.41) is 21.3. The van der Waals surface area contributed by atoms with Crippen LogP contribution in [-0.4, -0.2) is 28.7 Å². The molecule has 35 heavy (non-hydrogen) atoms. The summed E-state index contributed by atoms with van der Waals surface area (Å²) in [4.78, 5) is 0. The molecule has 1 saturated carbocycles. The van der Waals surface area contributed by atoms with Gasteiger partial charge in [0.25, 0.3) is 0 Å². The molecule has 2 aromatic carbocycles. The van der Waals surface area contributed by atoms with Crippen LogP contribution in [-0.2, 0) is 16.5 Å². The van der Waals surface area contributed by atoms with Crippen LogP contribution in [0.4, 0.5) is 4.39 Å². The highest BCUT2D eigenvalue weighted by atomic mass is 19.2. The topological polar surface area (TPSA) is 49.7 Å². The third-order valence-corrected chi connectivity index (χ3v) is 8.23. The first kappa shape index (κ1) is 27.9. The normalized spacial score (nSPS) is 16.4. The van der Waals surface area contributed by atoms with E-state index < -0.39 is 18.6 Å². The van der Waals surface area contributed by atoms with Crippen LogP contribution in [0, 0.1) is 13.8 Å². The number of hydrogen-bond donors (Lipinski definition) is 2. The number of rotatable bonds is 10. The maximum atomic E-state index is 13.9. The van der Waals surface area contributed by atoms with E-state index in [2.05, 4.69) is 51.1 Å². The Bertz CT molecular complexity index is 988. The van der Waals surface area contributed by atoms with Crippen molar-refractivity contribution >= 4 is 12.6 Å². The Morgan fingerprint density at radius 1 is 0.943 bits per heavy atom. The number of hydrogen-bond acceptors (Lipinski definition) is 3. The lowest BCUT2D eigenvalue weighted by molar-refractivity contribution is -0.0391. The van der Waals surface area contributed by atoms with Gasteiger partial charge in [0, 0.05) is 5.41 Å². The summed E-state index contributed by atoms with van der Waals surface area (Å²) >= 11 is 0. The molecule has 0 unspecified atom stereocenters. The van der Waals surface area contributed by atoms with Gasteiger partial charge in [-0.05, 0) is 93.9 Å². The maximum Gasteiger partial charge on any atom is 0.493 e. The second-order valence-corrected chi connectivity index (χ2v) is 11.1. The molecule has 0 radical (unpaired) electrons. The van der Waals surface area contributed by atoms with Gasteiger partial charge in [-0.15, -0.1) is 0 Å². The number of halogens is 1. The van der Waals surface area contributed by atoms with Crippen molar-refractivity contribution in [2.24, 2.45) is 0 Å². The van der Waals surface area contributed by atoms with E-state index in [4.69, 9.17) is 4.65 Å². The summed E-state index contributed by atoms with van der Waals surface area (Å²) in [6.45, 7) is 11.1. The van der Waals surface area contributed by atoms with Crippen LogP contribution in [0.25, 0.3) is 0 Å². The molecule has 2 aromatic rings. The van der Waals surface area contributed by atoms with Crippen molar-refractivity contribution in [3.63, 3.8) is 0 Å². The number of benzene rings is 2. The summed E-state index contributed by atoms with van der Waals surface area (Å²) in [6, 6.07) is 12.9. The molecule has 3 nitrogen and oxygen atoms in total. The van der Waals surface area contributed by atoms with Gasteiger partial charge in [-0.2, -0.15) is 0 Å². The molecule has 0 spiro atoms. The maximum absolute atomic E-state index is 13.9. The summed E-state index contributed by atoms with van der Waals surface area (Å²) in [6.07, 6.45) is 8.99. The minimum atomic E-state index is -1.91. The zero-order valence-electron chi connectivity index (χ0n) is 22.6. The Morgan fingerprint density at radius 3 is 2.03 bits per heavy atom. The van der Waals surface area contributed by atoms with Gasteiger partial charge < -0.3 is 14.8 Å². The molecule has 0 amide bonds. The summed E-state index contributed by atoms with van der Waals surface area (Å²) in [5.74, 6) is -1.91. The minimum Gasteiger partial charge on any atom is -0.423 e. The third kappa shape index (κ3) is 6.55. The predicted molar refractivity (Wildman–Crippen MR) is 144 cm³/mol. The summed E-state index contributed by atoms with van der Waals surface area (Å²) in [7, 11) is -1.30. The predicted octanol–water partition coefficient (Wildman–Crippen LogP) is 6.45. The molecule has 0 saturated heterocycles. The average Bonchev–Trinajstić information content (AvgIpc) is 2.79. The van der Waals surface area contributed by atoms with E-state index in [1.165, 1.54) is 42.5 Å². The highest BCUT2D eigenvalue weighted by Gasteiger charge is 2.34. The molecular weight excluding hydrogens is 438 g/mol. The monoisotopic (exact) mass is 482 g/mol. The smallest absolute Gasteiger partial charge is 0.423 e. The van der Waals surface area contributed by atoms with Gasteiger partial charge in [-0.3, -0.25) is 0 Å². The molecule has 192 valence electrons. The van der Waals surface area contributed by atoms with Crippen molar-refractivity contribution in [1.29, 1.82) is 0 Å². The lowest BCUT2D eigenvalue weighted by Crippen LogP contribution is -2.41. The van der Waals surface area contributed by atoms with Crippen LogP contribution in [0.5, 0.6) is 0 Å². The van der Waals surface area contributed by atoms with Crippen LogP contribution in [0.3, 0.4) is 0 Å². The Kier molecular flexibility index (Phi) is 8.89. The molecule has 0 bridgehead atoms. The number of aryl methyl sites for hydroxylation is 3. The van der Waals surface area contributed by atoms with Crippen LogP contribution < -0.4 is 5.46 Å². The van der Waals surface area contributed by atoms with E-state index in [0.29, 0.717) is 5.46 Å². The number of aliphatic hydroxyl groups is 1. The first-order valence-corrected chi connectivity index (χ1v) is 13.4. The third-order valence-electron chi connectivity index (χ3n) is 8.23. The highest BCUT2D eigenvalue weighted by Crippen LogP contribution is 2.40. The second kappa shape index (κ2) is 11.1.